The van der Waals surface area contributed by atoms with Crippen molar-refractivity contribution in [3.63, 3.8) is 0 Å². The average molecular weight is 1640 g/mol. The number of fused-ring (bicyclic) bond motifs is 1. The van der Waals surface area contributed by atoms with Crippen LogP contribution in [0.3, 0.4) is 0 Å². The first-order valence-electron chi connectivity index (χ1n) is 34.1. The predicted molar refractivity (Wildman–Crippen MR) is 397 cm³/mol. The van der Waals surface area contributed by atoms with Gasteiger partial charge in [-0.25, -0.2) is 37.9 Å². The molecule has 5 aromatic rings. The van der Waals surface area contributed by atoms with Crippen LogP contribution in [-0.2, 0) is 78.2 Å². The van der Waals surface area contributed by atoms with Crippen LogP contribution >= 0.6 is 80.3 Å². The summed E-state index contributed by atoms with van der Waals surface area (Å²) < 4.78 is 61.9. The Kier molecular flexibility index (Phi) is 28.1. The van der Waals surface area contributed by atoms with Crippen LogP contribution in [0.25, 0.3) is 0 Å². The molecule has 3 saturated heterocycles. The molecule has 6 N–H and O–H groups in total. The van der Waals surface area contributed by atoms with Crippen molar-refractivity contribution < 1.29 is 99.8 Å². The number of thiazole rings is 2. The van der Waals surface area contributed by atoms with Gasteiger partial charge < -0.3 is 64.5 Å². The Hall–Kier alpha value is -7.73. The van der Waals surface area contributed by atoms with Gasteiger partial charge in [0.15, 0.2) is 16.7 Å². The first-order chi connectivity index (χ1) is 51.0. The number of nitrogens with one attached hydrogen (secondary N) is 2. The van der Waals surface area contributed by atoms with Crippen molar-refractivity contribution in [1.82, 2.24) is 40.2 Å². The van der Waals surface area contributed by atoms with Gasteiger partial charge in [0.25, 0.3) is 0 Å². The number of nitrogen functional groups attached to an aromatic ring is 1. The molecule has 8 amide bonds. The molecule has 2 unspecified atom stereocenters. The second kappa shape index (κ2) is 36.0. The fraction of sp³-hybridized carbons (Fsp3) is 0.485. The van der Waals surface area contributed by atoms with Crippen LogP contribution in [0, 0.1) is 17.3 Å². The maximum atomic E-state index is 15.1. The number of aromatic nitrogens is 2. The molecule has 40 heteroatoms. The van der Waals surface area contributed by atoms with E-state index in [-0.39, 0.29) is 148 Å². The Labute approximate surface area is 653 Å². The van der Waals surface area contributed by atoms with E-state index in [2.05, 4.69) is 41.4 Å². The number of methoxy groups -OCH3 is 1. The number of ketones is 2. The highest BCUT2D eigenvalue weighted by atomic mass is 35.6. The van der Waals surface area contributed by atoms with Crippen LogP contribution in [0.1, 0.15) is 133 Å². The second-order valence-corrected chi connectivity index (χ2v) is 33.2. The fourth-order valence-corrected chi connectivity index (χ4v) is 16.3. The molecule has 3 saturated carbocycles. The summed E-state index contributed by atoms with van der Waals surface area (Å²) in [6.45, 7) is 8.77. The van der Waals surface area contributed by atoms with E-state index in [9.17, 15) is 66.9 Å². The molecule has 12 rings (SSSR count). The maximum absolute atomic E-state index is 15.1. The number of carbonyl (C=O) groups excluding carboxylic acids is 10. The summed E-state index contributed by atoms with van der Waals surface area (Å²) in [7, 11) is -1.04. The van der Waals surface area contributed by atoms with Gasteiger partial charge in [-0.3, -0.25) is 43.4 Å². The zero-order valence-corrected chi connectivity index (χ0v) is 64.9. The third kappa shape index (κ3) is 19.7. The number of hydrogen-bond acceptors (Lipinski definition) is 23. The monoisotopic (exact) mass is 1630 g/mol. The Morgan fingerprint density at radius 3 is 1.92 bits per heavy atom. The quantitative estimate of drug-likeness (QED) is 0.0218. The average Bonchev–Trinajstić information content (AvgIpc) is 1.45. The molecule has 3 aliphatic carbocycles. The van der Waals surface area contributed by atoms with Crippen molar-refractivity contribution in [2.45, 2.75) is 134 Å². The highest BCUT2D eigenvalue weighted by Crippen LogP contribution is 2.66. The number of Topliss-reactive ketones (excluding diaryl/α,β-unsaturated/α-hetero) is 2. The molecular weight excluding hydrogens is 1560 g/mol. The van der Waals surface area contributed by atoms with Gasteiger partial charge in [-0.1, -0.05) is 103 Å². The molecule has 28 nitrogen and oxygen atoms in total. The third-order valence-corrected chi connectivity index (χ3v) is 21.9. The predicted octanol–water partition coefficient (Wildman–Crippen LogP) is 9.34. The number of benzene rings is 3. The number of ether oxygens (including phenoxy) is 3. The minimum Gasteiger partial charge on any atom is -0.535 e. The van der Waals surface area contributed by atoms with Crippen LogP contribution in [0.5, 0.6) is 11.5 Å². The van der Waals surface area contributed by atoms with E-state index in [1.165, 1.54) is 19.2 Å². The number of para-hydroxylation sites is 2. The Morgan fingerprint density at radius 2 is 1.36 bits per heavy atom. The molecule has 6 heterocycles. The number of aromatic carboxylic acids is 1. The summed E-state index contributed by atoms with van der Waals surface area (Å²) >= 11 is 29.2. The zero-order valence-electron chi connectivity index (χ0n) is 59.5. The number of alkyl halides is 2. The van der Waals surface area contributed by atoms with Gasteiger partial charge >= 0.3 is 72.8 Å². The third-order valence-electron chi connectivity index (χ3n) is 19.5. The van der Waals surface area contributed by atoms with E-state index in [0.29, 0.717) is 26.8 Å². The van der Waals surface area contributed by atoms with Crippen molar-refractivity contribution in [3.8, 4) is 11.5 Å². The second-order valence-electron chi connectivity index (χ2n) is 27.9. The van der Waals surface area contributed by atoms with E-state index in [1.807, 2.05) is 30.3 Å². The molecule has 0 spiro atoms. The van der Waals surface area contributed by atoms with Gasteiger partial charge in [-0.15, -0.1) is 11.3 Å². The lowest BCUT2D eigenvalue weighted by molar-refractivity contribution is -0.199. The molecular formula is C68H77B3Cl5F2N9O19S2. The molecule has 7 aliphatic rings. The first kappa shape index (κ1) is 84.3. The summed E-state index contributed by atoms with van der Waals surface area (Å²) in [4.78, 5) is 155. The number of hydrogen-bond donors (Lipinski definition) is 5. The number of nitrogens with zero attached hydrogens (tertiary/aromatic N) is 6. The summed E-state index contributed by atoms with van der Waals surface area (Å²) in [6.07, 6.45) is 0.697. The number of nitrogens with two attached hydrogens (primary N) is 1. The molecule has 3 aromatic carbocycles. The molecule has 2 bridgehead atoms. The van der Waals surface area contributed by atoms with Gasteiger partial charge in [-0.2, -0.15) is 34.4 Å². The molecule has 108 heavy (non-hydrogen) atoms. The highest BCUT2D eigenvalue weighted by Gasteiger charge is 2.68. The Bertz CT molecular complexity index is 4250. The first-order valence-corrected chi connectivity index (χ1v) is 37.8. The van der Waals surface area contributed by atoms with E-state index >= 15 is 4.79 Å². The molecule has 8 atom stereocenters. The normalized spacial score (nSPS) is 20.7. The molecule has 578 valence electrons. The number of piperazine rings is 2. The lowest BCUT2D eigenvalue weighted by atomic mass is 9.43. The number of carbonyl (C=O) groups is 11. The summed E-state index contributed by atoms with van der Waals surface area (Å²) in [5, 5.41) is 25.1. The number of esters is 2. The number of urea groups is 2. The van der Waals surface area contributed by atoms with Crippen molar-refractivity contribution >= 4 is 170 Å². The van der Waals surface area contributed by atoms with Crippen molar-refractivity contribution in [2.24, 2.45) is 17.3 Å². The number of carboxylic acids is 1. The van der Waals surface area contributed by atoms with Crippen LogP contribution in [0.15, 0.2) is 66.7 Å². The molecule has 4 aliphatic heterocycles. The summed E-state index contributed by atoms with van der Waals surface area (Å²) in [6, 6.07) is 13.3. The van der Waals surface area contributed by atoms with Crippen molar-refractivity contribution in [1.29, 1.82) is 0 Å². The topological polar surface area (TPSA) is 372 Å². The SMILES string of the molecule is COc1c(C[C@H](CC(=O)C(NC(=O)N2CCN(CCF)C(=O)C2=O)c2nc(CC(=O)OCc3ccccc3)sc2Cl)B2O[C@@H]3C[C@@H]4C[C@@H](C4(C)C)[C@]3(C)O2)cccc1C(=O)OC(C)(C)C.ClB(Cl)Cl.Nc1nc(C(NC(=O)N2CCN(CCF)C(=O)C2=O)C(=O)C[C@H]2Cc3cccc(C(=O)O)c3OB2O)c(Cl)s1. The number of amides is 8. The Morgan fingerprint density at radius 1 is 0.787 bits per heavy atom. The van der Waals surface area contributed by atoms with Gasteiger partial charge in [0.05, 0.1) is 30.8 Å². The van der Waals surface area contributed by atoms with Crippen molar-refractivity contribution in [2.75, 3.05) is 65.5 Å². The van der Waals surface area contributed by atoms with E-state index in [1.54, 1.807) is 45.0 Å². The van der Waals surface area contributed by atoms with Gasteiger partial charge in [0, 0.05) is 63.7 Å². The number of imide groups is 2. The van der Waals surface area contributed by atoms with Crippen molar-refractivity contribution in [3.05, 3.63) is 120 Å². The molecule has 6 fully saturated rings. The van der Waals surface area contributed by atoms with Crippen LogP contribution < -0.4 is 25.8 Å². The zero-order chi connectivity index (χ0) is 79.0. The highest BCUT2D eigenvalue weighted by molar-refractivity contribution is 7.54. The lowest BCUT2D eigenvalue weighted by Crippen LogP contribution is -2.65. The number of rotatable bonds is 24. The largest absolute Gasteiger partial charge is 0.535 e. The van der Waals surface area contributed by atoms with Gasteiger partial charge in [-0.05, 0) is 99.5 Å². The van der Waals surface area contributed by atoms with Crippen LogP contribution in [0.4, 0.5) is 23.5 Å². The number of carboxylic acid groups (broad SMARTS) is 1. The van der Waals surface area contributed by atoms with E-state index < -0.39 is 133 Å². The van der Waals surface area contributed by atoms with Crippen LogP contribution in [-0.4, -0.2) is 201 Å². The smallest absolute Gasteiger partial charge is 0.526 e. The molecule has 0 radical (unpaired) electrons. The summed E-state index contributed by atoms with van der Waals surface area (Å²) in [5.74, 6) is -8.98. The minimum absolute atomic E-state index is 0.00166. The molecule has 2 aromatic heterocycles. The maximum Gasteiger partial charge on any atom is 0.526 e. The fourth-order valence-electron chi connectivity index (χ4n) is 14.1. The summed E-state index contributed by atoms with van der Waals surface area (Å²) in [5.41, 5.74) is 5.93. The van der Waals surface area contributed by atoms with Crippen LogP contribution in [0.2, 0.25) is 20.3 Å². The number of anilines is 1. The van der Waals surface area contributed by atoms with Gasteiger partial charge in [0.1, 0.15) is 79.8 Å². The number of halogens is 7. The standard InChI is InChI=1S/C46H55BClFN4O11S.C22H22BClFN5O8S.BCl3/c1-44(2,3)62-42(58)30-15-11-14-27(38(30)60-7)20-29(47-63-33-22-28-21-32(45(28,4)5)46(33,6)64-47)23-31(54)36(51-43(59)53-19-18-52(17-16-49)40(56)41(53)57)37-39(48)65-34(50-37)24-35(55)61-25-26-12-9-8-10-13-26;24-17-15(27-21(26)39-17)14(28-22(36)30-7-6-29(5-4-25)18(32)19(30)33)13(31)9-11-8-10-2-1-3-12(20(34)35)16(10)38-23(11)37;2-1(3)4/h8-15,28-29,32-33,36H,16-25H2,1-7H3,(H,51,59);1-3,11,14,37H,4-9H2,(H2,26,27)(H,28,36)(H,34,35);/t28-,29+,32-,33+,36?,46-;11-,14?;/m01./s1. The van der Waals surface area contributed by atoms with Gasteiger partial charge in [0.2, 0.25) is 0 Å². The lowest BCUT2D eigenvalue weighted by Gasteiger charge is -2.64. The van der Waals surface area contributed by atoms with E-state index in [0.717, 1.165) is 50.9 Å². The van der Waals surface area contributed by atoms with E-state index in [4.69, 9.17) is 91.5 Å². The Balaban J connectivity index is 0.000000265. The minimum atomic E-state index is -1.60.